The Balaban J connectivity index is 1.91. The van der Waals surface area contributed by atoms with Gasteiger partial charge in [-0.05, 0) is 36.8 Å². The number of carboxylic acids is 1. The van der Waals surface area contributed by atoms with Crippen molar-refractivity contribution in [2.75, 3.05) is 6.54 Å². The number of carboxylic acid groups (broad SMARTS) is 1. The molecular formula is C14H19NO3S. The van der Waals surface area contributed by atoms with Gasteiger partial charge < -0.3 is 10.4 Å². The Morgan fingerprint density at radius 3 is 2.53 bits per heavy atom. The molecule has 0 aromatic carbocycles. The highest BCUT2D eigenvalue weighted by atomic mass is 32.1. The Morgan fingerprint density at radius 1 is 1.37 bits per heavy atom. The highest BCUT2D eigenvalue weighted by Crippen LogP contribution is 2.44. The summed E-state index contributed by atoms with van der Waals surface area (Å²) in [6.07, 6.45) is 5.91. The van der Waals surface area contributed by atoms with E-state index in [1.165, 1.54) is 25.3 Å². The number of aromatic carboxylic acids is 1. The lowest BCUT2D eigenvalue weighted by Crippen LogP contribution is -2.41. The molecule has 1 amide bonds. The molecule has 5 heteroatoms. The molecule has 1 heterocycles. The van der Waals surface area contributed by atoms with Crippen LogP contribution in [-0.2, 0) is 0 Å². The Morgan fingerprint density at radius 2 is 2.05 bits per heavy atom. The molecule has 0 radical (unpaired) electrons. The van der Waals surface area contributed by atoms with E-state index >= 15 is 0 Å². The molecule has 0 aliphatic heterocycles. The molecule has 1 aromatic heterocycles. The quantitative estimate of drug-likeness (QED) is 0.841. The number of carbonyl (C=O) groups excluding carboxylic acids is 1. The molecule has 2 rings (SSSR count). The molecule has 0 saturated heterocycles. The topological polar surface area (TPSA) is 66.4 Å². The van der Waals surface area contributed by atoms with Crippen molar-refractivity contribution in [3.63, 3.8) is 0 Å². The van der Waals surface area contributed by atoms with E-state index in [0.717, 1.165) is 24.2 Å². The van der Waals surface area contributed by atoms with Crippen molar-refractivity contribution in [3.8, 4) is 0 Å². The number of nitrogens with one attached hydrogen (secondary N) is 1. The highest BCUT2D eigenvalue weighted by molar-refractivity contribution is 7.15. The molecule has 0 spiro atoms. The minimum atomic E-state index is -0.981. The first-order chi connectivity index (χ1) is 9.06. The average Bonchev–Trinajstić information content (AvgIpc) is 2.81. The zero-order valence-electron chi connectivity index (χ0n) is 11.1. The summed E-state index contributed by atoms with van der Waals surface area (Å²) < 4.78 is 0. The van der Waals surface area contributed by atoms with Crippen LogP contribution in [0.15, 0.2) is 12.1 Å². The lowest BCUT2D eigenvalue weighted by Gasteiger charge is -2.42. The van der Waals surface area contributed by atoms with Gasteiger partial charge in [0.05, 0.1) is 4.88 Å². The zero-order valence-corrected chi connectivity index (χ0v) is 11.9. The summed E-state index contributed by atoms with van der Waals surface area (Å²) in [5.74, 6) is -1.13. The van der Waals surface area contributed by atoms with Gasteiger partial charge in [0, 0.05) is 6.54 Å². The fourth-order valence-electron chi connectivity index (χ4n) is 2.65. The van der Waals surface area contributed by atoms with Gasteiger partial charge >= 0.3 is 5.97 Å². The SMILES string of the molecule is CCCC1(CNC(=O)c2ccc(C(=O)O)s2)CCC1. The van der Waals surface area contributed by atoms with E-state index in [0.29, 0.717) is 11.4 Å². The maximum Gasteiger partial charge on any atom is 0.345 e. The van der Waals surface area contributed by atoms with Crippen molar-refractivity contribution in [1.29, 1.82) is 0 Å². The third-order valence-corrected chi connectivity index (χ3v) is 4.93. The molecular weight excluding hydrogens is 262 g/mol. The van der Waals surface area contributed by atoms with Gasteiger partial charge in [-0.1, -0.05) is 19.8 Å². The van der Waals surface area contributed by atoms with Crippen LogP contribution in [0, 0.1) is 5.41 Å². The van der Waals surface area contributed by atoms with E-state index in [1.54, 1.807) is 6.07 Å². The van der Waals surface area contributed by atoms with Crippen LogP contribution in [-0.4, -0.2) is 23.5 Å². The van der Waals surface area contributed by atoms with Gasteiger partial charge in [0.2, 0.25) is 0 Å². The maximum atomic E-state index is 12.0. The number of hydrogen-bond donors (Lipinski definition) is 2. The van der Waals surface area contributed by atoms with Crippen molar-refractivity contribution in [2.45, 2.75) is 39.0 Å². The van der Waals surface area contributed by atoms with Crippen molar-refractivity contribution in [2.24, 2.45) is 5.41 Å². The van der Waals surface area contributed by atoms with Crippen molar-refractivity contribution in [1.82, 2.24) is 5.32 Å². The van der Waals surface area contributed by atoms with E-state index < -0.39 is 5.97 Å². The molecule has 1 saturated carbocycles. The number of hydrogen-bond acceptors (Lipinski definition) is 3. The van der Waals surface area contributed by atoms with Crippen LogP contribution in [0.5, 0.6) is 0 Å². The number of amides is 1. The second-order valence-corrected chi connectivity index (χ2v) is 6.34. The molecule has 1 aliphatic carbocycles. The van der Waals surface area contributed by atoms with E-state index in [1.807, 2.05) is 0 Å². The first-order valence-corrected chi connectivity index (χ1v) is 7.49. The molecule has 2 N–H and O–H groups in total. The number of rotatable bonds is 6. The molecule has 19 heavy (non-hydrogen) atoms. The second-order valence-electron chi connectivity index (χ2n) is 5.26. The van der Waals surface area contributed by atoms with Gasteiger partial charge in [0.25, 0.3) is 5.91 Å². The van der Waals surface area contributed by atoms with E-state index in [2.05, 4.69) is 12.2 Å². The summed E-state index contributed by atoms with van der Waals surface area (Å²) in [6, 6.07) is 3.06. The van der Waals surface area contributed by atoms with Crippen molar-refractivity contribution >= 4 is 23.2 Å². The normalized spacial score (nSPS) is 16.7. The van der Waals surface area contributed by atoms with Gasteiger partial charge in [-0.15, -0.1) is 11.3 Å². The fourth-order valence-corrected chi connectivity index (χ4v) is 3.41. The summed E-state index contributed by atoms with van der Waals surface area (Å²) in [5.41, 5.74) is 0.289. The molecule has 1 fully saturated rings. The minimum Gasteiger partial charge on any atom is -0.477 e. The van der Waals surface area contributed by atoms with E-state index in [9.17, 15) is 9.59 Å². The van der Waals surface area contributed by atoms with Crippen molar-refractivity contribution < 1.29 is 14.7 Å². The highest BCUT2D eigenvalue weighted by Gasteiger charge is 2.36. The van der Waals surface area contributed by atoms with Gasteiger partial charge in [-0.25, -0.2) is 4.79 Å². The van der Waals surface area contributed by atoms with Crippen LogP contribution in [0.1, 0.15) is 58.4 Å². The molecule has 1 aliphatic rings. The molecule has 1 aromatic rings. The molecule has 104 valence electrons. The largest absolute Gasteiger partial charge is 0.477 e. The van der Waals surface area contributed by atoms with Gasteiger partial charge in [-0.2, -0.15) is 0 Å². The third-order valence-electron chi connectivity index (χ3n) is 3.86. The van der Waals surface area contributed by atoms with Crippen LogP contribution in [0.25, 0.3) is 0 Å². The Kier molecular flexibility index (Phi) is 4.24. The predicted molar refractivity (Wildman–Crippen MR) is 74.8 cm³/mol. The van der Waals surface area contributed by atoms with Crippen molar-refractivity contribution in [3.05, 3.63) is 21.9 Å². The summed E-state index contributed by atoms with van der Waals surface area (Å²) in [4.78, 5) is 23.4. The lowest BCUT2D eigenvalue weighted by molar-refractivity contribution is 0.0702. The fraction of sp³-hybridized carbons (Fsp3) is 0.571. The summed E-state index contributed by atoms with van der Waals surface area (Å²) in [7, 11) is 0. The van der Waals surface area contributed by atoms with Gasteiger partial charge in [0.15, 0.2) is 0 Å². The number of thiophene rings is 1. The van der Waals surface area contributed by atoms with Crippen LogP contribution in [0.3, 0.4) is 0 Å². The standard InChI is InChI=1S/C14H19NO3S/c1-2-6-14(7-3-8-14)9-15-12(16)10-4-5-11(19-10)13(17)18/h4-5H,2-3,6-9H2,1H3,(H,15,16)(H,17,18). The Labute approximate surface area is 116 Å². The summed E-state index contributed by atoms with van der Waals surface area (Å²) >= 11 is 1.03. The monoisotopic (exact) mass is 281 g/mol. The van der Waals surface area contributed by atoms with Crippen LogP contribution in [0.2, 0.25) is 0 Å². The number of carbonyl (C=O) groups is 2. The third kappa shape index (κ3) is 3.15. The predicted octanol–water partition coefficient (Wildman–Crippen LogP) is 3.15. The van der Waals surface area contributed by atoms with Crippen LogP contribution < -0.4 is 5.32 Å². The Hall–Kier alpha value is -1.36. The molecule has 0 unspecified atom stereocenters. The van der Waals surface area contributed by atoms with Crippen LogP contribution in [0.4, 0.5) is 0 Å². The first kappa shape index (κ1) is 14.1. The molecule has 0 bridgehead atoms. The van der Waals surface area contributed by atoms with Gasteiger partial charge in [0.1, 0.15) is 4.88 Å². The molecule has 0 atom stereocenters. The average molecular weight is 281 g/mol. The van der Waals surface area contributed by atoms with Crippen LogP contribution >= 0.6 is 11.3 Å². The Bertz CT molecular complexity index is 477. The lowest BCUT2D eigenvalue weighted by atomic mass is 9.66. The first-order valence-electron chi connectivity index (χ1n) is 6.68. The summed E-state index contributed by atoms with van der Waals surface area (Å²) in [5, 5.41) is 11.8. The zero-order chi connectivity index (χ0) is 13.9. The van der Waals surface area contributed by atoms with E-state index in [4.69, 9.17) is 5.11 Å². The smallest absolute Gasteiger partial charge is 0.345 e. The maximum absolute atomic E-state index is 12.0. The molecule has 4 nitrogen and oxygen atoms in total. The summed E-state index contributed by atoms with van der Waals surface area (Å²) in [6.45, 7) is 2.88. The van der Waals surface area contributed by atoms with Gasteiger partial charge in [-0.3, -0.25) is 4.79 Å². The second kappa shape index (κ2) is 5.74. The van der Waals surface area contributed by atoms with E-state index in [-0.39, 0.29) is 16.2 Å². The minimum absolute atomic E-state index is 0.153.